The van der Waals surface area contributed by atoms with E-state index in [9.17, 15) is 13.2 Å². The van der Waals surface area contributed by atoms with Crippen LogP contribution in [0.25, 0.3) is 0 Å². The third-order valence-corrected chi connectivity index (χ3v) is 6.72. The van der Waals surface area contributed by atoms with Crippen molar-refractivity contribution < 1.29 is 17.9 Å². The van der Waals surface area contributed by atoms with Crippen molar-refractivity contribution in [1.82, 2.24) is 5.32 Å². The van der Waals surface area contributed by atoms with Crippen LogP contribution in [0.1, 0.15) is 46.8 Å². The maximum atomic E-state index is 12.5. The Morgan fingerprint density at radius 1 is 0.971 bits per heavy atom. The molecule has 1 amide bonds. The van der Waals surface area contributed by atoms with E-state index in [4.69, 9.17) is 4.74 Å². The smallest absolute Gasteiger partial charge is 0.251 e. The molecule has 3 rings (SSSR count). The predicted octanol–water partition coefficient (Wildman–Crippen LogP) is 4.89. The first-order valence-corrected chi connectivity index (χ1v) is 13.1. The lowest BCUT2D eigenvalue weighted by Gasteiger charge is -2.23. The van der Waals surface area contributed by atoms with Gasteiger partial charge in [0.1, 0.15) is 12.4 Å². The topological polar surface area (TPSA) is 75.7 Å². The summed E-state index contributed by atoms with van der Waals surface area (Å²) in [6, 6.07) is 22.1. The van der Waals surface area contributed by atoms with Crippen molar-refractivity contribution in [2.45, 2.75) is 33.2 Å². The Balaban J connectivity index is 1.61. The van der Waals surface area contributed by atoms with Gasteiger partial charge in [-0.25, -0.2) is 8.42 Å². The minimum atomic E-state index is -3.50. The van der Waals surface area contributed by atoms with Gasteiger partial charge in [-0.2, -0.15) is 0 Å². The Bertz CT molecular complexity index is 1220. The summed E-state index contributed by atoms with van der Waals surface area (Å²) in [5.41, 5.74) is 4.04. The second kappa shape index (κ2) is 11.2. The fourth-order valence-corrected chi connectivity index (χ4v) is 4.52. The van der Waals surface area contributed by atoms with Crippen LogP contribution in [-0.4, -0.2) is 33.7 Å². The second-order valence-corrected chi connectivity index (χ2v) is 10.4. The van der Waals surface area contributed by atoms with Crippen LogP contribution in [0.15, 0.2) is 72.8 Å². The SMILES string of the molecule is Cc1ccccc1CN(c1ccc(C(=O)NCCOc2ccccc2C(C)C)cc1)S(C)(=O)=O. The quantitative estimate of drug-likeness (QED) is 0.419. The molecule has 7 heteroatoms. The van der Waals surface area contributed by atoms with Gasteiger partial charge in [-0.05, 0) is 59.9 Å². The number of hydrogen-bond donors (Lipinski definition) is 1. The number of benzene rings is 3. The summed E-state index contributed by atoms with van der Waals surface area (Å²) < 4.78 is 32.1. The molecule has 0 aliphatic carbocycles. The number of aryl methyl sites for hydroxylation is 1. The van der Waals surface area contributed by atoms with Gasteiger partial charge < -0.3 is 10.1 Å². The van der Waals surface area contributed by atoms with Crippen LogP contribution in [0.4, 0.5) is 5.69 Å². The Hall–Kier alpha value is -3.32. The predicted molar refractivity (Wildman–Crippen MR) is 137 cm³/mol. The van der Waals surface area contributed by atoms with Gasteiger partial charge >= 0.3 is 0 Å². The van der Waals surface area contributed by atoms with Crippen LogP contribution >= 0.6 is 0 Å². The van der Waals surface area contributed by atoms with Crippen molar-refractivity contribution in [1.29, 1.82) is 0 Å². The third-order valence-electron chi connectivity index (χ3n) is 5.58. The molecular weight excluding hydrogens is 448 g/mol. The van der Waals surface area contributed by atoms with Gasteiger partial charge in [0.15, 0.2) is 0 Å². The first kappa shape index (κ1) is 25.3. The molecule has 0 aromatic heterocycles. The summed E-state index contributed by atoms with van der Waals surface area (Å²) in [6.45, 7) is 7.11. The van der Waals surface area contributed by atoms with Crippen LogP contribution in [0.2, 0.25) is 0 Å². The fourth-order valence-electron chi connectivity index (χ4n) is 3.64. The Labute approximate surface area is 202 Å². The number of rotatable bonds is 10. The minimum Gasteiger partial charge on any atom is -0.491 e. The molecule has 1 N–H and O–H groups in total. The molecule has 3 aromatic rings. The molecule has 3 aromatic carbocycles. The van der Waals surface area contributed by atoms with Gasteiger partial charge in [0.05, 0.1) is 25.0 Å². The van der Waals surface area contributed by atoms with Crippen LogP contribution in [0.3, 0.4) is 0 Å². The lowest BCUT2D eigenvalue weighted by molar-refractivity contribution is 0.0947. The Morgan fingerprint density at radius 2 is 1.62 bits per heavy atom. The van der Waals surface area contributed by atoms with Gasteiger partial charge in [0.2, 0.25) is 10.0 Å². The monoisotopic (exact) mass is 480 g/mol. The van der Waals surface area contributed by atoms with Gasteiger partial charge in [-0.3, -0.25) is 9.10 Å². The zero-order valence-electron chi connectivity index (χ0n) is 20.1. The van der Waals surface area contributed by atoms with Crippen molar-refractivity contribution in [3.8, 4) is 5.75 Å². The number of anilines is 1. The maximum absolute atomic E-state index is 12.5. The van der Waals surface area contributed by atoms with Crippen molar-refractivity contribution >= 4 is 21.6 Å². The van der Waals surface area contributed by atoms with E-state index in [2.05, 4.69) is 19.2 Å². The Kier molecular flexibility index (Phi) is 8.34. The van der Waals surface area contributed by atoms with Gasteiger partial charge in [-0.15, -0.1) is 0 Å². The highest BCUT2D eigenvalue weighted by Gasteiger charge is 2.19. The number of ether oxygens (including phenoxy) is 1. The summed E-state index contributed by atoms with van der Waals surface area (Å²) in [5.74, 6) is 0.935. The number of amides is 1. The molecule has 34 heavy (non-hydrogen) atoms. The standard InChI is InChI=1S/C27H32N2O4S/c1-20(2)25-11-7-8-12-26(25)33-18-17-28-27(30)22-13-15-24(16-14-22)29(34(4,31)32)19-23-10-6-5-9-21(23)3/h5-16,20H,17-19H2,1-4H3,(H,28,30). The molecule has 0 atom stereocenters. The molecular formula is C27H32N2O4S. The number of nitrogens with one attached hydrogen (secondary N) is 1. The van der Waals surface area contributed by atoms with Crippen LogP contribution in [0, 0.1) is 6.92 Å². The van der Waals surface area contributed by atoms with Crippen LogP contribution in [-0.2, 0) is 16.6 Å². The third kappa shape index (κ3) is 6.60. The van der Waals surface area contributed by atoms with Gasteiger partial charge in [0.25, 0.3) is 5.91 Å². The largest absolute Gasteiger partial charge is 0.491 e. The van der Waals surface area contributed by atoms with E-state index in [0.717, 1.165) is 22.4 Å². The molecule has 0 saturated carbocycles. The van der Waals surface area contributed by atoms with E-state index >= 15 is 0 Å². The van der Waals surface area contributed by atoms with Gasteiger partial charge in [-0.1, -0.05) is 56.3 Å². The number of sulfonamides is 1. The second-order valence-electron chi connectivity index (χ2n) is 8.54. The summed E-state index contributed by atoms with van der Waals surface area (Å²) in [7, 11) is -3.50. The van der Waals surface area contributed by atoms with Crippen molar-refractivity contribution in [2.24, 2.45) is 0 Å². The molecule has 180 valence electrons. The highest BCUT2D eigenvalue weighted by molar-refractivity contribution is 7.92. The molecule has 0 aliphatic rings. The first-order chi connectivity index (χ1) is 16.2. The number of para-hydroxylation sites is 1. The molecule has 0 spiro atoms. The molecule has 0 aliphatic heterocycles. The average molecular weight is 481 g/mol. The molecule has 0 saturated heterocycles. The summed E-state index contributed by atoms with van der Waals surface area (Å²) >= 11 is 0. The molecule has 0 unspecified atom stereocenters. The molecule has 6 nitrogen and oxygen atoms in total. The highest BCUT2D eigenvalue weighted by atomic mass is 32.2. The van der Waals surface area contributed by atoms with E-state index in [-0.39, 0.29) is 12.5 Å². The van der Waals surface area contributed by atoms with E-state index in [1.54, 1.807) is 24.3 Å². The summed E-state index contributed by atoms with van der Waals surface area (Å²) in [4.78, 5) is 12.5. The van der Waals surface area contributed by atoms with Gasteiger partial charge in [0, 0.05) is 5.56 Å². The number of carbonyl (C=O) groups excluding carboxylic acids is 1. The lowest BCUT2D eigenvalue weighted by Crippen LogP contribution is -2.30. The van der Waals surface area contributed by atoms with E-state index in [0.29, 0.717) is 30.3 Å². The van der Waals surface area contributed by atoms with Crippen molar-refractivity contribution in [3.63, 3.8) is 0 Å². The zero-order chi connectivity index (χ0) is 24.7. The molecule has 0 fully saturated rings. The summed E-state index contributed by atoms with van der Waals surface area (Å²) in [5, 5.41) is 2.85. The van der Waals surface area contributed by atoms with Crippen molar-refractivity contribution in [2.75, 3.05) is 23.7 Å². The normalized spacial score (nSPS) is 11.3. The molecule has 0 bridgehead atoms. The lowest BCUT2D eigenvalue weighted by atomic mass is 10.0. The first-order valence-electron chi connectivity index (χ1n) is 11.3. The number of nitrogens with zero attached hydrogens (tertiary/aromatic N) is 1. The van der Waals surface area contributed by atoms with Crippen LogP contribution in [0.5, 0.6) is 5.75 Å². The summed E-state index contributed by atoms with van der Waals surface area (Å²) in [6.07, 6.45) is 1.18. The van der Waals surface area contributed by atoms with Crippen LogP contribution < -0.4 is 14.4 Å². The van der Waals surface area contributed by atoms with E-state index < -0.39 is 10.0 Å². The molecule has 0 heterocycles. The van der Waals surface area contributed by atoms with E-state index in [1.807, 2.05) is 55.5 Å². The maximum Gasteiger partial charge on any atom is 0.251 e. The van der Waals surface area contributed by atoms with E-state index in [1.165, 1.54) is 10.6 Å². The number of carbonyl (C=O) groups is 1. The minimum absolute atomic E-state index is 0.228. The highest BCUT2D eigenvalue weighted by Crippen LogP contribution is 2.26. The fraction of sp³-hybridized carbons (Fsp3) is 0.296. The zero-order valence-corrected chi connectivity index (χ0v) is 20.9. The van der Waals surface area contributed by atoms with Crippen molar-refractivity contribution in [3.05, 3.63) is 95.1 Å². The Morgan fingerprint density at radius 3 is 2.26 bits per heavy atom. The molecule has 0 radical (unpaired) electrons. The average Bonchev–Trinajstić information content (AvgIpc) is 2.80. The number of hydrogen-bond acceptors (Lipinski definition) is 4.